The van der Waals surface area contributed by atoms with Crippen molar-refractivity contribution in [3.63, 3.8) is 0 Å². The van der Waals surface area contributed by atoms with E-state index in [0.717, 1.165) is 0 Å². The lowest BCUT2D eigenvalue weighted by molar-refractivity contribution is -0.108. The SMILES string of the molecule is C=C(F)C(F)(F)F.C=CC(F)(F)F.FC(F)=CC(F)F.FC=CC(F)(F)F. The molecule has 0 saturated carbocycles. The van der Waals surface area contributed by atoms with Gasteiger partial charge in [-0.05, 0) is 0 Å². The Morgan fingerprint density at radius 2 is 1.07 bits per heavy atom. The number of halogens is 15. The van der Waals surface area contributed by atoms with Crippen molar-refractivity contribution in [3.8, 4) is 0 Å². The van der Waals surface area contributed by atoms with Crippen LogP contribution in [0.3, 0.4) is 0 Å². The summed E-state index contributed by atoms with van der Waals surface area (Å²) in [5, 5.41) is 0. The zero-order valence-electron chi connectivity index (χ0n) is 12.5. The molecule has 0 nitrogen and oxygen atoms in total. The minimum Gasteiger partial charge on any atom is -0.216 e. The van der Waals surface area contributed by atoms with Crippen LogP contribution in [0.15, 0.2) is 49.6 Å². The maximum Gasteiger partial charge on any atom is 0.442 e. The molecule has 0 aromatic heterocycles. The second-order valence-electron chi connectivity index (χ2n) is 3.27. The van der Waals surface area contributed by atoms with Crippen LogP contribution in [0.25, 0.3) is 0 Å². The number of allylic oxidation sites excluding steroid dienone is 4. The van der Waals surface area contributed by atoms with Crippen molar-refractivity contribution in [2.24, 2.45) is 0 Å². The Balaban J connectivity index is -0.000000131. The molecule has 0 amide bonds. The summed E-state index contributed by atoms with van der Waals surface area (Å²) in [4.78, 5) is 0. The zero-order chi connectivity index (χ0) is 23.1. The normalized spacial score (nSPS) is 11.3. The highest BCUT2D eigenvalue weighted by molar-refractivity contribution is 4.88. The number of hydrogen-bond acceptors (Lipinski definition) is 0. The summed E-state index contributed by atoms with van der Waals surface area (Å²) in [5.41, 5.74) is 0. The number of rotatable bonds is 1. The molecule has 0 fully saturated rings. The highest BCUT2D eigenvalue weighted by atomic mass is 19.4. The fraction of sp³-hybridized carbons (Fsp3) is 0.333. The lowest BCUT2D eigenvalue weighted by Gasteiger charge is -1.97. The third-order valence-electron chi connectivity index (χ3n) is 1.04. The van der Waals surface area contributed by atoms with E-state index in [4.69, 9.17) is 0 Å². The van der Waals surface area contributed by atoms with Gasteiger partial charge in [0.05, 0.1) is 6.33 Å². The second-order valence-corrected chi connectivity index (χ2v) is 3.27. The molecule has 0 aromatic rings. The van der Waals surface area contributed by atoms with Crippen LogP contribution in [0.5, 0.6) is 0 Å². The molecule has 0 rings (SSSR count). The Morgan fingerprint density at radius 3 is 1.07 bits per heavy atom. The average Bonchev–Trinajstić information content (AvgIpc) is 2.35. The van der Waals surface area contributed by atoms with Crippen molar-refractivity contribution in [2.75, 3.05) is 0 Å². The molecule has 0 aliphatic carbocycles. The van der Waals surface area contributed by atoms with Crippen molar-refractivity contribution >= 4 is 0 Å². The van der Waals surface area contributed by atoms with Crippen LogP contribution in [-0.4, -0.2) is 25.0 Å². The van der Waals surface area contributed by atoms with Gasteiger partial charge in [-0.3, -0.25) is 0 Å². The van der Waals surface area contributed by atoms with Gasteiger partial charge in [0.15, 0.2) is 5.83 Å². The van der Waals surface area contributed by atoms with Crippen LogP contribution in [0.1, 0.15) is 0 Å². The molecule has 0 unspecified atom stereocenters. The van der Waals surface area contributed by atoms with E-state index in [2.05, 4.69) is 6.58 Å². The molecule has 0 aliphatic rings. The Morgan fingerprint density at radius 1 is 0.778 bits per heavy atom. The van der Waals surface area contributed by atoms with Gasteiger partial charge in [0.2, 0.25) is 0 Å². The van der Waals surface area contributed by atoms with E-state index in [1.165, 1.54) is 0 Å². The van der Waals surface area contributed by atoms with Crippen LogP contribution in [-0.2, 0) is 0 Å². The predicted molar refractivity (Wildman–Crippen MR) is 65.2 cm³/mol. The second kappa shape index (κ2) is 15.0. The van der Waals surface area contributed by atoms with Gasteiger partial charge in [0, 0.05) is 18.2 Å². The van der Waals surface area contributed by atoms with E-state index in [-0.39, 0.29) is 6.08 Å². The molecule has 162 valence electrons. The van der Waals surface area contributed by atoms with E-state index in [1.54, 1.807) is 0 Å². The summed E-state index contributed by atoms with van der Waals surface area (Å²) in [5.74, 6) is -2.26. The Hall–Kier alpha value is -2.09. The molecular weight excluding hydrogens is 429 g/mol. The largest absolute Gasteiger partial charge is 0.442 e. The smallest absolute Gasteiger partial charge is 0.216 e. The quantitative estimate of drug-likeness (QED) is 0.289. The Labute approximate surface area is 141 Å². The minimum absolute atomic E-state index is 0.0625. The van der Waals surface area contributed by atoms with Crippen LogP contribution in [0.2, 0.25) is 0 Å². The monoisotopic (exact) mass is 438 g/mol. The van der Waals surface area contributed by atoms with Gasteiger partial charge in [-0.15, -0.1) is 0 Å². The summed E-state index contributed by atoms with van der Waals surface area (Å²) < 4.78 is 161. The van der Waals surface area contributed by atoms with E-state index in [1.807, 2.05) is 6.58 Å². The highest BCUT2D eigenvalue weighted by Gasteiger charge is 2.32. The first-order chi connectivity index (χ1) is 11.7. The fourth-order valence-corrected chi connectivity index (χ4v) is 0.167. The van der Waals surface area contributed by atoms with Gasteiger partial charge in [0.1, 0.15) is 0 Å². The van der Waals surface area contributed by atoms with Crippen LogP contribution in [0.4, 0.5) is 65.9 Å². The number of alkyl halides is 11. The van der Waals surface area contributed by atoms with Crippen molar-refractivity contribution in [1.82, 2.24) is 0 Å². The molecule has 0 N–H and O–H groups in total. The van der Waals surface area contributed by atoms with Crippen LogP contribution < -0.4 is 0 Å². The molecule has 0 spiro atoms. The maximum absolute atomic E-state index is 10.9. The highest BCUT2D eigenvalue weighted by Crippen LogP contribution is 2.24. The standard InChI is InChI=1S/3C3H2F4.C3H3F3/c1-2(4)3(5,6)7;4-2-1-3(5,6)7;4-2(5)1-3(6)7;1-2-3(4,5)6/h1H2;2*1-2H;2H,1H2. The van der Waals surface area contributed by atoms with Gasteiger partial charge in [-0.25, -0.2) is 17.6 Å². The molecule has 0 atom stereocenters. The van der Waals surface area contributed by atoms with Gasteiger partial charge in [0.25, 0.3) is 12.5 Å². The summed E-state index contributed by atoms with van der Waals surface area (Å²) in [7, 11) is 0. The van der Waals surface area contributed by atoms with Gasteiger partial charge < -0.3 is 0 Å². The van der Waals surface area contributed by atoms with Crippen molar-refractivity contribution < 1.29 is 65.9 Å². The van der Waals surface area contributed by atoms with E-state index < -0.39 is 55.3 Å². The molecule has 0 heterocycles. The maximum atomic E-state index is 10.9. The lowest BCUT2D eigenvalue weighted by atomic mass is 10.6. The summed E-state index contributed by atoms with van der Waals surface area (Å²) >= 11 is 0. The number of hydrogen-bond donors (Lipinski definition) is 0. The van der Waals surface area contributed by atoms with Gasteiger partial charge in [-0.2, -0.15) is 48.3 Å². The van der Waals surface area contributed by atoms with E-state index in [0.29, 0.717) is 0 Å². The lowest BCUT2D eigenvalue weighted by Crippen LogP contribution is -2.05. The molecule has 0 aromatic carbocycles. The van der Waals surface area contributed by atoms with Crippen molar-refractivity contribution in [3.05, 3.63) is 49.6 Å². The molecule has 0 radical (unpaired) electrons. The fourth-order valence-electron chi connectivity index (χ4n) is 0.167. The third-order valence-corrected chi connectivity index (χ3v) is 1.04. The van der Waals surface area contributed by atoms with Crippen molar-refractivity contribution in [1.29, 1.82) is 0 Å². The summed E-state index contributed by atoms with van der Waals surface area (Å²) in [6, 6.07) is 0. The minimum atomic E-state index is -4.86. The first kappa shape index (κ1) is 32.6. The molecule has 27 heavy (non-hydrogen) atoms. The van der Waals surface area contributed by atoms with Gasteiger partial charge in [-0.1, -0.05) is 13.2 Å². The average molecular weight is 438 g/mol. The molecular formula is C12H9F15. The predicted octanol–water partition coefficient (Wildman–Crippen LogP) is 7.83. The Bertz CT molecular complexity index is 443. The summed E-state index contributed by atoms with van der Waals surface area (Å²) in [6.45, 7) is 4.54. The molecule has 0 bridgehead atoms. The first-order valence-electron chi connectivity index (χ1n) is 5.47. The van der Waals surface area contributed by atoms with Crippen molar-refractivity contribution in [2.45, 2.75) is 25.0 Å². The topological polar surface area (TPSA) is 0 Å². The Kier molecular flexibility index (Phi) is 18.1. The molecule has 15 heteroatoms. The molecule has 0 aliphatic heterocycles. The van der Waals surface area contributed by atoms with E-state index >= 15 is 0 Å². The van der Waals surface area contributed by atoms with Crippen LogP contribution >= 0.6 is 0 Å². The summed E-state index contributed by atoms with van der Waals surface area (Å²) in [6.07, 6.45) is -20.4. The van der Waals surface area contributed by atoms with Crippen LogP contribution in [0, 0.1) is 0 Å². The molecule has 0 saturated heterocycles. The third kappa shape index (κ3) is 51.6. The van der Waals surface area contributed by atoms with Gasteiger partial charge >= 0.3 is 18.5 Å². The zero-order valence-corrected chi connectivity index (χ0v) is 12.5. The first-order valence-corrected chi connectivity index (χ1v) is 5.47. The van der Waals surface area contributed by atoms with E-state index in [9.17, 15) is 65.9 Å².